The maximum absolute atomic E-state index is 9.61. The van der Waals surface area contributed by atoms with Gasteiger partial charge in [0.2, 0.25) is 0 Å². The third-order valence-electron chi connectivity index (χ3n) is 3.43. The van der Waals surface area contributed by atoms with E-state index in [2.05, 4.69) is 70.3 Å². The number of rotatable bonds is 7. The summed E-state index contributed by atoms with van der Waals surface area (Å²) in [7, 11) is 0. The predicted octanol–water partition coefficient (Wildman–Crippen LogP) is 4.16. The highest BCUT2D eigenvalue weighted by Crippen LogP contribution is 2.30. The van der Waals surface area contributed by atoms with Crippen LogP contribution in [-0.2, 0) is 0 Å². The SMILES string of the molecule is CC(C)CC(CO)NC(CC(C)(C)C)c1ccccc1. The van der Waals surface area contributed by atoms with Gasteiger partial charge in [-0.25, -0.2) is 0 Å². The molecule has 0 aromatic heterocycles. The summed E-state index contributed by atoms with van der Waals surface area (Å²) < 4.78 is 0. The molecule has 0 aliphatic carbocycles. The van der Waals surface area contributed by atoms with Gasteiger partial charge in [-0.15, -0.1) is 0 Å². The molecular formula is C18H31NO. The van der Waals surface area contributed by atoms with Crippen LogP contribution in [0.4, 0.5) is 0 Å². The van der Waals surface area contributed by atoms with Gasteiger partial charge in [0.1, 0.15) is 0 Å². The van der Waals surface area contributed by atoms with Crippen LogP contribution in [0.2, 0.25) is 0 Å². The normalized spacial score (nSPS) is 15.3. The van der Waals surface area contributed by atoms with Gasteiger partial charge in [-0.3, -0.25) is 0 Å². The Hall–Kier alpha value is -0.860. The van der Waals surface area contributed by atoms with Gasteiger partial charge in [0.25, 0.3) is 0 Å². The van der Waals surface area contributed by atoms with Crippen molar-refractivity contribution in [2.45, 2.75) is 59.5 Å². The Kier molecular flexibility index (Phi) is 6.70. The number of aliphatic hydroxyl groups is 1. The van der Waals surface area contributed by atoms with Crippen LogP contribution in [0.5, 0.6) is 0 Å². The van der Waals surface area contributed by atoms with E-state index in [1.54, 1.807) is 0 Å². The molecule has 2 atom stereocenters. The van der Waals surface area contributed by atoms with Crippen molar-refractivity contribution < 1.29 is 5.11 Å². The lowest BCUT2D eigenvalue weighted by molar-refractivity contribution is 0.197. The standard InChI is InChI=1S/C18H31NO/c1-14(2)11-16(13-20)19-17(12-18(3,4)5)15-9-7-6-8-10-15/h6-10,14,16-17,19-20H,11-13H2,1-5H3. The van der Waals surface area contributed by atoms with E-state index in [0.29, 0.717) is 12.0 Å². The molecule has 2 nitrogen and oxygen atoms in total. The molecule has 0 radical (unpaired) electrons. The molecule has 0 bridgehead atoms. The number of benzene rings is 1. The third kappa shape index (κ3) is 6.53. The number of aliphatic hydroxyl groups excluding tert-OH is 1. The zero-order valence-electron chi connectivity index (χ0n) is 13.7. The monoisotopic (exact) mass is 277 g/mol. The fraction of sp³-hybridized carbons (Fsp3) is 0.667. The van der Waals surface area contributed by atoms with Gasteiger partial charge >= 0.3 is 0 Å². The fourth-order valence-electron chi connectivity index (χ4n) is 2.62. The molecule has 0 saturated carbocycles. The second kappa shape index (κ2) is 7.80. The maximum Gasteiger partial charge on any atom is 0.0584 e. The Balaban J connectivity index is 2.82. The van der Waals surface area contributed by atoms with Gasteiger partial charge in [-0.1, -0.05) is 65.0 Å². The van der Waals surface area contributed by atoms with Crippen molar-refractivity contribution in [1.82, 2.24) is 5.32 Å². The molecule has 2 unspecified atom stereocenters. The zero-order valence-corrected chi connectivity index (χ0v) is 13.7. The number of nitrogens with one attached hydrogen (secondary N) is 1. The Labute approximate surface area is 124 Å². The molecule has 0 heterocycles. The molecular weight excluding hydrogens is 246 g/mol. The maximum atomic E-state index is 9.61. The van der Waals surface area contributed by atoms with Crippen molar-refractivity contribution in [3.8, 4) is 0 Å². The van der Waals surface area contributed by atoms with Crippen LogP contribution in [0, 0.1) is 11.3 Å². The molecule has 0 amide bonds. The number of hydrogen-bond donors (Lipinski definition) is 2. The molecule has 20 heavy (non-hydrogen) atoms. The van der Waals surface area contributed by atoms with Crippen molar-refractivity contribution in [2.75, 3.05) is 6.61 Å². The van der Waals surface area contributed by atoms with E-state index in [-0.39, 0.29) is 18.1 Å². The highest BCUT2D eigenvalue weighted by Gasteiger charge is 2.23. The Bertz CT molecular complexity index is 367. The van der Waals surface area contributed by atoms with Gasteiger partial charge < -0.3 is 10.4 Å². The first-order valence-electron chi connectivity index (χ1n) is 7.73. The zero-order chi connectivity index (χ0) is 15.2. The minimum atomic E-state index is 0.169. The van der Waals surface area contributed by atoms with Gasteiger partial charge in [0, 0.05) is 12.1 Å². The van der Waals surface area contributed by atoms with E-state index < -0.39 is 0 Å². The van der Waals surface area contributed by atoms with Crippen LogP contribution < -0.4 is 5.32 Å². The van der Waals surface area contributed by atoms with Crippen LogP contribution >= 0.6 is 0 Å². The van der Waals surface area contributed by atoms with Gasteiger partial charge in [-0.2, -0.15) is 0 Å². The first kappa shape index (κ1) is 17.2. The van der Waals surface area contributed by atoms with Crippen LogP contribution in [0.1, 0.15) is 59.1 Å². The summed E-state index contributed by atoms with van der Waals surface area (Å²) in [6.07, 6.45) is 2.07. The van der Waals surface area contributed by atoms with Crippen LogP contribution in [0.25, 0.3) is 0 Å². The first-order valence-corrected chi connectivity index (χ1v) is 7.73. The van der Waals surface area contributed by atoms with Gasteiger partial charge in [0.15, 0.2) is 0 Å². The highest BCUT2D eigenvalue weighted by molar-refractivity contribution is 5.19. The lowest BCUT2D eigenvalue weighted by atomic mass is 9.85. The lowest BCUT2D eigenvalue weighted by Crippen LogP contribution is -2.38. The molecule has 0 aliphatic heterocycles. The van der Waals surface area contributed by atoms with E-state index in [0.717, 1.165) is 12.8 Å². The smallest absolute Gasteiger partial charge is 0.0584 e. The van der Waals surface area contributed by atoms with Gasteiger partial charge in [0.05, 0.1) is 6.61 Å². The molecule has 1 aromatic rings. The van der Waals surface area contributed by atoms with E-state index in [4.69, 9.17) is 0 Å². The van der Waals surface area contributed by atoms with E-state index >= 15 is 0 Å². The molecule has 114 valence electrons. The molecule has 1 rings (SSSR count). The Morgan fingerprint density at radius 1 is 1.10 bits per heavy atom. The van der Waals surface area contributed by atoms with Crippen LogP contribution in [0.3, 0.4) is 0 Å². The predicted molar refractivity (Wildman–Crippen MR) is 86.7 cm³/mol. The lowest BCUT2D eigenvalue weighted by Gasteiger charge is -2.31. The second-order valence-corrected chi connectivity index (χ2v) is 7.40. The summed E-state index contributed by atoms with van der Waals surface area (Å²) in [5, 5.41) is 13.3. The molecule has 1 aromatic carbocycles. The summed E-state index contributed by atoms with van der Waals surface area (Å²) in [5.41, 5.74) is 1.57. The van der Waals surface area contributed by atoms with E-state index in [9.17, 15) is 5.11 Å². The molecule has 2 N–H and O–H groups in total. The van der Waals surface area contributed by atoms with Crippen LogP contribution in [0.15, 0.2) is 30.3 Å². The van der Waals surface area contributed by atoms with Crippen molar-refractivity contribution in [2.24, 2.45) is 11.3 Å². The average molecular weight is 277 g/mol. The summed E-state index contributed by atoms with van der Waals surface area (Å²) in [6, 6.07) is 11.0. The third-order valence-corrected chi connectivity index (χ3v) is 3.43. The summed E-state index contributed by atoms with van der Waals surface area (Å²) >= 11 is 0. The fourth-order valence-corrected chi connectivity index (χ4v) is 2.62. The van der Waals surface area contributed by atoms with Crippen molar-refractivity contribution >= 4 is 0 Å². The Morgan fingerprint density at radius 2 is 1.70 bits per heavy atom. The van der Waals surface area contributed by atoms with E-state index in [1.165, 1.54) is 5.56 Å². The minimum absolute atomic E-state index is 0.169. The summed E-state index contributed by atoms with van der Waals surface area (Å²) in [5.74, 6) is 0.589. The summed E-state index contributed by atoms with van der Waals surface area (Å²) in [4.78, 5) is 0. The highest BCUT2D eigenvalue weighted by atomic mass is 16.3. The molecule has 0 saturated heterocycles. The Morgan fingerprint density at radius 3 is 2.15 bits per heavy atom. The average Bonchev–Trinajstić information content (AvgIpc) is 2.36. The second-order valence-electron chi connectivity index (χ2n) is 7.40. The van der Waals surface area contributed by atoms with E-state index in [1.807, 2.05) is 0 Å². The van der Waals surface area contributed by atoms with Crippen molar-refractivity contribution in [3.05, 3.63) is 35.9 Å². The van der Waals surface area contributed by atoms with Crippen LogP contribution in [-0.4, -0.2) is 17.8 Å². The molecule has 0 fully saturated rings. The minimum Gasteiger partial charge on any atom is -0.395 e. The van der Waals surface area contributed by atoms with Crippen molar-refractivity contribution in [1.29, 1.82) is 0 Å². The number of hydrogen-bond acceptors (Lipinski definition) is 2. The quantitative estimate of drug-likeness (QED) is 0.784. The topological polar surface area (TPSA) is 32.3 Å². The summed E-state index contributed by atoms with van der Waals surface area (Å²) in [6.45, 7) is 11.4. The van der Waals surface area contributed by atoms with Crippen molar-refractivity contribution in [3.63, 3.8) is 0 Å². The largest absolute Gasteiger partial charge is 0.395 e. The molecule has 0 spiro atoms. The first-order chi connectivity index (χ1) is 9.31. The molecule has 0 aliphatic rings. The molecule has 2 heteroatoms. The van der Waals surface area contributed by atoms with Gasteiger partial charge in [-0.05, 0) is 29.7 Å².